The van der Waals surface area contributed by atoms with Gasteiger partial charge in [0.15, 0.2) is 0 Å². The van der Waals surface area contributed by atoms with E-state index >= 15 is 0 Å². The first-order chi connectivity index (χ1) is 8.79. The number of nitrogens with two attached hydrogens (primary N) is 1. The van der Waals surface area contributed by atoms with Gasteiger partial charge in [-0.05, 0) is 53.1 Å². The first-order valence-electron chi connectivity index (χ1n) is 6.62. The molecule has 2 aliphatic rings. The molecule has 18 heavy (non-hydrogen) atoms. The number of halogens is 1. The lowest BCUT2D eigenvalue weighted by atomic mass is 9.98. The molecular weight excluding hydrogens is 339 g/mol. The highest BCUT2D eigenvalue weighted by Crippen LogP contribution is 2.38. The summed E-state index contributed by atoms with van der Waals surface area (Å²) in [5, 5.41) is 0. The third kappa shape index (κ3) is 2.57. The summed E-state index contributed by atoms with van der Waals surface area (Å²) in [7, 11) is 0. The summed E-state index contributed by atoms with van der Waals surface area (Å²) in [6, 6.07) is 9.88. The SMILES string of the molecule is NCC1OCCN(C2CC2)C1c1ccc(I)cc1. The minimum Gasteiger partial charge on any atom is -0.374 e. The maximum atomic E-state index is 5.89. The Bertz CT molecular complexity index is 405. The van der Waals surface area contributed by atoms with Gasteiger partial charge in [0, 0.05) is 22.7 Å². The van der Waals surface area contributed by atoms with Crippen molar-refractivity contribution < 1.29 is 4.74 Å². The van der Waals surface area contributed by atoms with Crippen molar-refractivity contribution >= 4 is 22.6 Å². The van der Waals surface area contributed by atoms with Crippen molar-refractivity contribution in [3.8, 4) is 0 Å². The van der Waals surface area contributed by atoms with E-state index in [4.69, 9.17) is 10.5 Å². The lowest BCUT2D eigenvalue weighted by molar-refractivity contribution is -0.0712. The molecule has 2 atom stereocenters. The Morgan fingerprint density at radius 3 is 2.61 bits per heavy atom. The Balaban J connectivity index is 1.89. The normalized spacial score (nSPS) is 29.4. The van der Waals surface area contributed by atoms with Crippen LogP contribution in [0.15, 0.2) is 24.3 Å². The Hall–Kier alpha value is -0.170. The molecule has 98 valence electrons. The van der Waals surface area contributed by atoms with E-state index in [1.165, 1.54) is 22.0 Å². The maximum absolute atomic E-state index is 5.89. The van der Waals surface area contributed by atoms with Crippen molar-refractivity contribution in [3.63, 3.8) is 0 Å². The van der Waals surface area contributed by atoms with Crippen LogP contribution in [0.25, 0.3) is 0 Å². The maximum Gasteiger partial charge on any atom is 0.0894 e. The third-order valence-electron chi connectivity index (χ3n) is 3.85. The molecule has 2 fully saturated rings. The molecule has 0 spiro atoms. The quantitative estimate of drug-likeness (QED) is 0.842. The summed E-state index contributed by atoms with van der Waals surface area (Å²) in [6.45, 7) is 2.46. The molecule has 3 rings (SSSR count). The van der Waals surface area contributed by atoms with Gasteiger partial charge in [-0.1, -0.05) is 12.1 Å². The van der Waals surface area contributed by atoms with Crippen LogP contribution < -0.4 is 5.73 Å². The zero-order valence-corrected chi connectivity index (χ0v) is 12.5. The van der Waals surface area contributed by atoms with Gasteiger partial charge in [0.1, 0.15) is 0 Å². The van der Waals surface area contributed by atoms with Gasteiger partial charge in [-0.2, -0.15) is 0 Å². The minimum absolute atomic E-state index is 0.138. The second-order valence-corrected chi connectivity index (χ2v) is 6.36. The van der Waals surface area contributed by atoms with E-state index in [1.807, 2.05) is 0 Å². The molecule has 1 aliphatic heterocycles. The molecule has 1 aliphatic carbocycles. The van der Waals surface area contributed by atoms with E-state index < -0.39 is 0 Å². The number of hydrogen-bond donors (Lipinski definition) is 1. The number of rotatable bonds is 3. The topological polar surface area (TPSA) is 38.5 Å². The highest BCUT2D eigenvalue weighted by atomic mass is 127. The average molecular weight is 358 g/mol. The van der Waals surface area contributed by atoms with E-state index in [0.29, 0.717) is 12.6 Å². The highest BCUT2D eigenvalue weighted by molar-refractivity contribution is 14.1. The van der Waals surface area contributed by atoms with Crippen LogP contribution in [0.5, 0.6) is 0 Å². The Labute approximate surface area is 122 Å². The molecule has 1 saturated carbocycles. The van der Waals surface area contributed by atoms with Gasteiger partial charge in [-0.15, -0.1) is 0 Å². The van der Waals surface area contributed by atoms with Crippen molar-refractivity contribution in [3.05, 3.63) is 33.4 Å². The molecule has 1 heterocycles. The van der Waals surface area contributed by atoms with Crippen LogP contribution in [0, 0.1) is 3.57 Å². The number of benzene rings is 1. The van der Waals surface area contributed by atoms with E-state index in [0.717, 1.165) is 19.2 Å². The Morgan fingerprint density at radius 2 is 2.00 bits per heavy atom. The molecule has 2 N–H and O–H groups in total. The van der Waals surface area contributed by atoms with E-state index in [-0.39, 0.29) is 6.10 Å². The second-order valence-electron chi connectivity index (χ2n) is 5.11. The molecule has 0 aromatic heterocycles. The number of hydrogen-bond acceptors (Lipinski definition) is 3. The van der Waals surface area contributed by atoms with Gasteiger partial charge in [-0.25, -0.2) is 0 Å². The van der Waals surface area contributed by atoms with Gasteiger partial charge < -0.3 is 10.5 Å². The molecule has 0 bridgehead atoms. The van der Waals surface area contributed by atoms with Crippen molar-refractivity contribution in [1.29, 1.82) is 0 Å². The van der Waals surface area contributed by atoms with Gasteiger partial charge in [-0.3, -0.25) is 4.90 Å². The Kier molecular flexibility index (Phi) is 3.89. The largest absolute Gasteiger partial charge is 0.374 e. The fourth-order valence-corrected chi connectivity index (χ4v) is 3.19. The molecule has 0 amide bonds. The molecule has 1 aromatic carbocycles. The first kappa shape index (κ1) is 12.8. The zero-order chi connectivity index (χ0) is 12.5. The van der Waals surface area contributed by atoms with Crippen LogP contribution >= 0.6 is 22.6 Å². The van der Waals surface area contributed by atoms with E-state index in [1.54, 1.807) is 0 Å². The summed E-state index contributed by atoms with van der Waals surface area (Å²) in [5.74, 6) is 0. The molecular formula is C14H19IN2O. The van der Waals surface area contributed by atoms with Crippen LogP contribution in [-0.2, 0) is 4.74 Å². The van der Waals surface area contributed by atoms with E-state index in [2.05, 4.69) is 51.8 Å². The summed E-state index contributed by atoms with van der Waals surface area (Å²) >= 11 is 2.34. The lowest BCUT2D eigenvalue weighted by Crippen LogP contribution is -2.49. The highest BCUT2D eigenvalue weighted by Gasteiger charge is 2.40. The van der Waals surface area contributed by atoms with Crippen LogP contribution in [0.4, 0.5) is 0 Å². The van der Waals surface area contributed by atoms with Crippen LogP contribution in [0.2, 0.25) is 0 Å². The van der Waals surface area contributed by atoms with Crippen LogP contribution in [0.3, 0.4) is 0 Å². The van der Waals surface area contributed by atoms with Crippen molar-refractivity contribution in [2.45, 2.75) is 31.0 Å². The van der Waals surface area contributed by atoms with Gasteiger partial charge in [0.05, 0.1) is 18.8 Å². The number of nitrogens with zero attached hydrogens (tertiary/aromatic N) is 1. The predicted octanol–water partition coefficient (Wildman–Crippen LogP) is 2.15. The Morgan fingerprint density at radius 1 is 1.28 bits per heavy atom. The van der Waals surface area contributed by atoms with Crippen LogP contribution in [-0.4, -0.2) is 36.7 Å². The molecule has 4 heteroatoms. The molecule has 0 radical (unpaired) electrons. The smallest absolute Gasteiger partial charge is 0.0894 e. The summed E-state index contributed by atoms with van der Waals surface area (Å²) in [4.78, 5) is 2.60. The first-order valence-corrected chi connectivity index (χ1v) is 7.70. The van der Waals surface area contributed by atoms with Crippen molar-refractivity contribution in [2.24, 2.45) is 5.73 Å². The fraction of sp³-hybridized carbons (Fsp3) is 0.571. The van der Waals surface area contributed by atoms with Crippen LogP contribution in [0.1, 0.15) is 24.4 Å². The zero-order valence-electron chi connectivity index (χ0n) is 10.4. The van der Waals surface area contributed by atoms with Crippen molar-refractivity contribution in [2.75, 3.05) is 19.7 Å². The number of morpholine rings is 1. The predicted molar refractivity (Wildman–Crippen MR) is 80.4 cm³/mol. The molecule has 2 unspecified atom stereocenters. The fourth-order valence-electron chi connectivity index (χ4n) is 2.83. The summed E-state index contributed by atoms with van der Waals surface area (Å²) < 4.78 is 7.14. The standard InChI is InChI=1S/C14H19IN2O/c15-11-3-1-10(2-4-11)14-13(9-16)18-8-7-17(14)12-5-6-12/h1-4,12-14H,5-9,16H2. The number of ether oxygens (including phenoxy) is 1. The molecule has 1 saturated heterocycles. The summed E-state index contributed by atoms with van der Waals surface area (Å²) in [6.07, 6.45) is 2.80. The summed E-state index contributed by atoms with van der Waals surface area (Å²) in [5.41, 5.74) is 7.24. The third-order valence-corrected chi connectivity index (χ3v) is 4.57. The second kappa shape index (κ2) is 5.45. The van der Waals surface area contributed by atoms with Gasteiger partial charge in [0.2, 0.25) is 0 Å². The molecule has 3 nitrogen and oxygen atoms in total. The minimum atomic E-state index is 0.138. The average Bonchev–Trinajstić information content (AvgIpc) is 3.23. The van der Waals surface area contributed by atoms with Gasteiger partial charge >= 0.3 is 0 Å². The molecule has 1 aromatic rings. The van der Waals surface area contributed by atoms with E-state index in [9.17, 15) is 0 Å². The monoisotopic (exact) mass is 358 g/mol. The lowest BCUT2D eigenvalue weighted by Gasteiger charge is -2.41. The van der Waals surface area contributed by atoms with Gasteiger partial charge in [0.25, 0.3) is 0 Å². The van der Waals surface area contributed by atoms with Crippen molar-refractivity contribution in [1.82, 2.24) is 4.90 Å².